The molecule has 2 aromatic carbocycles. The molecular formula is C28H32N4O7. The molecule has 1 aliphatic heterocycles. The Morgan fingerprint density at radius 3 is 2.15 bits per heavy atom. The topological polar surface area (TPSA) is 150 Å². The van der Waals surface area contributed by atoms with Gasteiger partial charge in [0.2, 0.25) is 0 Å². The normalized spacial score (nSPS) is 18.4. The third-order valence-electron chi connectivity index (χ3n) is 7.46. The first-order chi connectivity index (χ1) is 18.7. The zero-order valence-corrected chi connectivity index (χ0v) is 21.7. The van der Waals surface area contributed by atoms with E-state index in [4.69, 9.17) is 0 Å². The van der Waals surface area contributed by atoms with Crippen molar-refractivity contribution in [1.29, 1.82) is 0 Å². The molecule has 0 bridgehead atoms. The highest BCUT2D eigenvalue weighted by Crippen LogP contribution is 2.29. The Bertz CT molecular complexity index is 1260. The summed E-state index contributed by atoms with van der Waals surface area (Å²) in [4.78, 5) is 65.6. The van der Waals surface area contributed by atoms with Crippen LogP contribution in [0.2, 0.25) is 0 Å². The fraction of sp³-hybridized carbons (Fsp3) is 0.429. The van der Waals surface area contributed by atoms with Crippen molar-refractivity contribution < 1.29 is 29.2 Å². The number of nitrogens with zero attached hydrogens (tertiary/aromatic N) is 3. The average Bonchev–Trinajstić information content (AvgIpc) is 3.37. The third-order valence-corrected chi connectivity index (χ3v) is 7.46. The van der Waals surface area contributed by atoms with Gasteiger partial charge in [-0.05, 0) is 49.9 Å². The first kappa shape index (κ1) is 27.7. The van der Waals surface area contributed by atoms with Gasteiger partial charge >= 0.3 is 5.97 Å². The van der Waals surface area contributed by atoms with Crippen LogP contribution in [0.4, 0.5) is 5.69 Å². The summed E-state index contributed by atoms with van der Waals surface area (Å²) < 4.78 is 0. The predicted octanol–water partition coefficient (Wildman–Crippen LogP) is 3.37. The standard InChI is InChI=1S/C28H32N4O7/c1-18-6-5-9-21(16-18)28(37)31-15-14-30(27(36)20-10-12-22(13-11-20)32(38)39)26(31)25(35)29-23(17-24(33)34)19-7-3-2-4-8-19/h5-6,9-13,16,19,23,26H,2-4,7-8,14-15,17H2,1H3,(H,29,35)(H,33,34). The predicted molar refractivity (Wildman–Crippen MR) is 141 cm³/mol. The molecule has 206 valence electrons. The molecule has 4 rings (SSSR count). The van der Waals surface area contributed by atoms with Crippen molar-refractivity contribution in [2.75, 3.05) is 13.1 Å². The molecule has 0 radical (unpaired) electrons. The Balaban J connectivity index is 1.64. The van der Waals surface area contributed by atoms with E-state index in [9.17, 15) is 34.4 Å². The van der Waals surface area contributed by atoms with Crippen LogP contribution in [0, 0.1) is 23.0 Å². The van der Waals surface area contributed by atoms with E-state index in [0.29, 0.717) is 5.56 Å². The smallest absolute Gasteiger partial charge is 0.305 e. The Kier molecular flexibility index (Phi) is 8.58. The van der Waals surface area contributed by atoms with Gasteiger partial charge in [0.15, 0.2) is 6.17 Å². The molecule has 0 spiro atoms. The summed E-state index contributed by atoms with van der Waals surface area (Å²) in [5.74, 6) is -2.66. The Morgan fingerprint density at radius 2 is 1.59 bits per heavy atom. The van der Waals surface area contributed by atoms with Gasteiger partial charge in [0, 0.05) is 42.4 Å². The van der Waals surface area contributed by atoms with Gasteiger partial charge in [-0.25, -0.2) is 0 Å². The summed E-state index contributed by atoms with van der Waals surface area (Å²) in [6.45, 7) is 2.01. The lowest BCUT2D eigenvalue weighted by molar-refractivity contribution is -0.384. The summed E-state index contributed by atoms with van der Waals surface area (Å²) in [6.07, 6.45) is 2.97. The number of aliphatic carboxylic acids is 1. The summed E-state index contributed by atoms with van der Waals surface area (Å²) in [6, 6.07) is 11.3. The van der Waals surface area contributed by atoms with E-state index in [1.54, 1.807) is 18.2 Å². The molecule has 0 aromatic heterocycles. The number of nitrogens with one attached hydrogen (secondary N) is 1. The van der Waals surface area contributed by atoms with E-state index in [0.717, 1.165) is 37.7 Å². The van der Waals surface area contributed by atoms with Crippen LogP contribution in [0.15, 0.2) is 48.5 Å². The van der Waals surface area contributed by atoms with Crippen molar-refractivity contribution in [2.24, 2.45) is 5.92 Å². The quantitative estimate of drug-likeness (QED) is 0.388. The average molecular weight is 537 g/mol. The molecule has 2 atom stereocenters. The van der Waals surface area contributed by atoms with E-state index in [-0.39, 0.29) is 36.7 Å². The number of carbonyl (C=O) groups excluding carboxylic acids is 3. The molecular weight excluding hydrogens is 504 g/mol. The van der Waals surface area contributed by atoms with Crippen molar-refractivity contribution in [3.05, 3.63) is 75.3 Å². The molecule has 2 aliphatic rings. The molecule has 2 unspecified atom stereocenters. The molecule has 2 N–H and O–H groups in total. The summed E-state index contributed by atoms with van der Waals surface area (Å²) in [7, 11) is 0. The lowest BCUT2D eigenvalue weighted by Crippen LogP contribution is -2.57. The number of hydrogen-bond acceptors (Lipinski definition) is 6. The molecule has 39 heavy (non-hydrogen) atoms. The van der Waals surface area contributed by atoms with Gasteiger partial charge in [-0.1, -0.05) is 37.0 Å². The van der Waals surface area contributed by atoms with Gasteiger partial charge in [0.05, 0.1) is 11.3 Å². The summed E-state index contributed by atoms with van der Waals surface area (Å²) >= 11 is 0. The Morgan fingerprint density at radius 1 is 0.974 bits per heavy atom. The SMILES string of the molecule is Cc1cccc(C(=O)N2CCN(C(=O)c3ccc([N+](=O)[O-])cc3)C2C(=O)NC(CC(=O)O)C2CCCCC2)c1. The fourth-order valence-corrected chi connectivity index (χ4v) is 5.49. The number of carboxylic acids is 1. The van der Waals surface area contributed by atoms with Crippen molar-refractivity contribution in [3.8, 4) is 0 Å². The number of non-ortho nitro benzene ring substituents is 1. The van der Waals surface area contributed by atoms with Gasteiger partial charge in [-0.15, -0.1) is 0 Å². The number of nitro benzene ring substituents is 1. The number of aryl methyl sites for hydroxylation is 1. The highest BCUT2D eigenvalue weighted by atomic mass is 16.6. The first-order valence-electron chi connectivity index (χ1n) is 13.1. The van der Waals surface area contributed by atoms with Crippen LogP contribution in [0.25, 0.3) is 0 Å². The molecule has 3 amide bonds. The zero-order chi connectivity index (χ0) is 28.1. The number of rotatable bonds is 8. The molecule has 1 saturated carbocycles. The Hall–Kier alpha value is -4.28. The number of hydrogen-bond donors (Lipinski definition) is 2. The zero-order valence-electron chi connectivity index (χ0n) is 21.7. The number of nitro groups is 1. The van der Waals surface area contributed by atoms with Crippen LogP contribution < -0.4 is 5.32 Å². The minimum atomic E-state index is -1.31. The van der Waals surface area contributed by atoms with E-state index in [2.05, 4.69) is 5.32 Å². The maximum Gasteiger partial charge on any atom is 0.305 e. The second-order valence-electron chi connectivity index (χ2n) is 10.2. The largest absolute Gasteiger partial charge is 0.481 e. The number of carboxylic acid groups (broad SMARTS) is 1. The number of amides is 3. The maximum atomic E-state index is 13.8. The van der Waals surface area contributed by atoms with Crippen molar-refractivity contribution in [1.82, 2.24) is 15.1 Å². The second-order valence-corrected chi connectivity index (χ2v) is 10.2. The minimum absolute atomic E-state index is 0.0139. The van der Waals surface area contributed by atoms with Crippen molar-refractivity contribution in [2.45, 2.75) is 57.7 Å². The Labute approximate surface area is 225 Å². The lowest BCUT2D eigenvalue weighted by atomic mass is 9.82. The number of carbonyl (C=O) groups is 4. The third kappa shape index (κ3) is 6.42. The van der Waals surface area contributed by atoms with E-state index >= 15 is 0 Å². The van der Waals surface area contributed by atoms with Crippen LogP contribution in [0.1, 0.15) is 64.8 Å². The monoisotopic (exact) mass is 536 g/mol. The van der Waals surface area contributed by atoms with Gasteiger partial charge in [0.1, 0.15) is 0 Å². The molecule has 2 aromatic rings. The summed E-state index contributed by atoms with van der Waals surface area (Å²) in [5, 5.41) is 23.4. The van der Waals surface area contributed by atoms with Crippen molar-refractivity contribution in [3.63, 3.8) is 0 Å². The molecule has 2 fully saturated rings. The first-order valence-corrected chi connectivity index (χ1v) is 13.1. The molecule has 1 aliphatic carbocycles. The molecule has 11 nitrogen and oxygen atoms in total. The minimum Gasteiger partial charge on any atom is -0.481 e. The number of benzene rings is 2. The van der Waals surface area contributed by atoms with Crippen LogP contribution in [0.5, 0.6) is 0 Å². The highest BCUT2D eigenvalue weighted by Gasteiger charge is 2.44. The van der Waals surface area contributed by atoms with Crippen molar-refractivity contribution >= 4 is 29.4 Å². The second kappa shape index (κ2) is 12.1. The summed E-state index contributed by atoms with van der Waals surface area (Å²) in [5.41, 5.74) is 1.19. The van der Waals surface area contributed by atoms with E-state index in [1.165, 1.54) is 34.1 Å². The van der Waals surface area contributed by atoms with Crippen LogP contribution in [0.3, 0.4) is 0 Å². The van der Waals surface area contributed by atoms with Crippen LogP contribution in [-0.2, 0) is 9.59 Å². The van der Waals surface area contributed by atoms with E-state index < -0.39 is 40.8 Å². The van der Waals surface area contributed by atoms with E-state index in [1.807, 2.05) is 13.0 Å². The molecule has 11 heteroatoms. The van der Waals surface area contributed by atoms with Gasteiger partial charge in [-0.3, -0.25) is 29.3 Å². The van der Waals surface area contributed by atoms with Crippen LogP contribution in [-0.4, -0.2) is 68.8 Å². The maximum absolute atomic E-state index is 13.8. The van der Waals surface area contributed by atoms with Crippen LogP contribution >= 0.6 is 0 Å². The van der Waals surface area contributed by atoms with Gasteiger partial charge in [0.25, 0.3) is 23.4 Å². The highest BCUT2D eigenvalue weighted by molar-refractivity contribution is 6.02. The van der Waals surface area contributed by atoms with Gasteiger partial charge < -0.3 is 20.2 Å². The lowest BCUT2D eigenvalue weighted by Gasteiger charge is -2.34. The molecule has 1 saturated heterocycles. The fourth-order valence-electron chi connectivity index (χ4n) is 5.49. The molecule has 1 heterocycles. The van der Waals surface area contributed by atoms with Gasteiger partial charge in [-0.2, -0.15) is 0 Å².